The lowest BCUT2D eigenvalue weighted by Gasteiger charge is -2.16. The molecule has 0 aliphatic carbocycles. The van der Waals surface area contributed by atoms with Crippen LogP contribution in [-0.4, -0.2) is 10.9 Å². The van der Waals surface area contributed by atoms with Gasteiger partial charge >= 0.3 is 0 Å². The highest BCUT2D eigenvalue weighted by atomic mass is 35.5. The van der Waals surface area contributed by atoms with E-state index in [2.05, 4.69) is 10.3 Å². The summed E-state index contributed by atoms with van der Waals surface area (Å²) >= 11 is 12.1. The molecule has 0 bridgehead atoms. The van der Waals surface area contributed by atoms with Crippen molar-refractivity contribution in [3.05, 3.63) is 93.7 Å². The summed E-state index contributed by atoms with van der Waals surface area (Å²) in [4.78, 5) is 17.0. The molecule has 1 amide bonds. The molecule has 138 valence electrons. The number of carbonyl (C=O) groups excluding carboxylic acids is 1. The number of nitrogens with zero attached hydrogens (tertiary/aromatic N) is 1. The van der Waals surface area contributed by atoms with Gasteiger partial charge in [-0.15, -0.1) is 0 Å². The molecule has 0 radical (unpaired) electrons. The molecular formula is C21H18Cl2N2O2. The molecule has 1 heterocycles. The maximum absolute atomic E-state index is 12.7. The number of carbonyl (C=O) groups is 1. The van der Waals surface area contributed by atoms with E-state index < -0.39 is 0 Å². The molecule has 1 unspecified atom stereocenters. The van der Waals surface area contributed by atoms with Gasteiger partial charge in [0.05, 0.1) is 17.3 Å². The van der Waals surface area contributed by atoms with Gasteiger partial charge in [0.15, 0.2) is 0 Å². The molecule has 2 aromatic carbocycles. The van der Waals surface area contributed by atoms with Crippen LogP contribution in [-0.2, 0) is 6.61 Å². The maximum atomic E-state index is 12.7. The first-order valence-corrected chi connectivity index (χ1v) is 9.17. The number of pyridine rings is 1. The zero-order valence-corrected chi connectivity index (χ0v) is 16.2. The zero-order chi connectivity index (χ0) is 19.2. The van der Waals surface area contributed by atoms with Crippen LogP contribution in [0.4, 0.5) is 0 Å². The predicted molar refractivity (Wildman–Crippen MR) is 107 cm³/mol. The van der Waals surface area contributed by atoms with Gasteiger partial charge in [-0.3, -0.25) is 9.78 Å². The van der Waals surface area contributed by atoms with Crippen LogP contribution in [0.2, 0.25) is 10.0 Å². The fraction of sp³-hybridized carbons (Fsp3) is 0.143. The lowest BCUT2D eigenvalue weighted by atomic mass is 10.1. The molecule has 1 atom stereocenters. The quantitative estimate of drug-likeness (QED) is 0.597. The Morgan fingerprint density at radius 3 is 2.63 bits per heavy atom. The number of para-hydroxylation sites is 1. The van der Waals surface area contributed by atoms with Crippen LogP contribution in [0.1, 0.15) is 34.6 Å². The predicted octanol–water partition coefficient (Wildman–Crippen LogP) is 5.46. The van der Waals surface area contributed by atoms with E-state index >= 15 is 0 Å². The summed E-state index contributed by atoms with van der Waals surface area (Å²) in [7, 11) is 0. The number of benzene rings is 2. The molecule has 0 aliphatic heterocycles. The van der Waals surface area contributed by atoms with Gasteiger partial charge < -0.3 is 10.1 Å². The van der Waals surface area contributed by atoms with E-state index in [4.69, 9.17) is 27.9 Å². The van der Waals surface area contributed by atoms with Gasteiger partial charge in [0.25, 0.3) is 5.91 Å². The molecule has 0 spiro atoms. The minimum Gasteiger partial charge on any atom is -0.488 e. The number of rotatable bonds is 6. The first-order valence-electron chi connectivity index (χ1n) is 8.42. The van der Waals surface area contributed by atoms with Gasteiger partial charge in [-0.2, -0.15) is 0 Å². The van der Waals surface area contributed by atoms with Crippen molar-refractivity contribution in [2.24, 2.45) is 0 Å². The van der Waals surface area contributed by atoms with Crippen molar-refractivity contribution in [2.75, 3.05) is 0 Å². The Kier molecular flexibility index (Phi) is 6.32. The largest absolute Gasteiger partial charge is 0.488 e. The van der Waals surface area contributed by atoms with Crippen molar-refractivity contribution >= 4 is 29.1 Å². The lowest BCUT2D eigenvalue weighted by molar-refractivity contribution is 0.0934. The van der Waals surface area contributed by atoms with Crippen molar-refractivity contribution in [1.29, 1.82) is 0 Å². The molecule has 1 aromatic heterocycles. The highest BCUT2D eigenvalue weighted by molar-refractivity contribution is 6.35. The zero-order valence-electron chi connectivity index (χ0n) is 14.7. The fourth-order valence-corrected chi connectivity index (χ4v) is 3.02. The highest BCUT2D eigenvalue weighted by Crippen LogP contribution is 2.25. The molecule has 27 heavy (non-hydrogen) atoms. The van der Waals surface area contributed by atoms with E-state index in [1.807, 2.05) is 31.2 Å². The van der Waals surface area contributed by atoms with Crippen LogP contribution < -0.4 is 10.1 Å². The van der Waals surface area contributed by atoms with Crippen LogP contribution in [0, 0.1) is 0 Å². The standard InChI is InChI=1S/C21H18Cl2N2O2/c1-14(19-7-4-5-11-24-19)25-21(26)17-6-2-3-8-20(17)27-13-15-9-10-16(22)12-18(15)23/h2-12,14H,13H2,1H3,(H,25,26). The molecule has 3 rings (SSSR count). The van der Waals surface area contributed by atoms with Crippen LogP contribution in [0.3, 0.4) is 0 Å². The van der Waals surface area contributed by atoms with E-state index in [0.29, 0.717) is 21.4 Å². The Labute approximate surface area is 168 Å². The van der Waals surface area contributed by atoms with Crippen molar-refractivity contribution in [2.45, 2.75) is 19.6 Å². The van der Waals surface area contributed by atoms with E-state index in [0.717, 1.165) is 11.3 Å². The number of amides is 1. The second-order valence-corrected chi connectivity index (χ2v) is 6.81. The summed E-state index contributed by atoms with van der Waals surface area (Å²) in [5, 5.41) is 4.03. The van der Waals surface area contributed by atoms with Crippen LogP contribution >= 0.6 is 23.2 Å². The Bertz CT molecular complexity index is 932. The first-order chi connectivity index (χ1) is 13.0. The first kappa shape index (κ1) is 19.2. The summed E-state index contributed by atoms with van der Waals surface area (Å²) in [6.07, 6.45) is 1.70. The minimum absolute atomic E-state index is 0.225. The van der Waals surface area contributed by atoms with Crippen molar-refractivity contribution in [1.82, 2.24) is 10.3 Å². The Morgan fingerprint density at radius 1 is 1.11 bits per heavy atom. The van der Waals surface area contributed by atoms with Crippen LogP contribution in [0.25, 0.3) is 0 Å². The average Bonchev–Trinajstić information content (AvgIpc) is 2.68. The van der Waals surface area contributed by atoms with Gasteiger partial charge in [0.1, 0.15) is 12.4 Å². The molecule has 0 saturated carbocycles. The third-order valence-electron chi connectivity index (χ3n) is 4.01. The molecule has 1 N–H and O–H groups in total. The third-order valence-corrected chi connectivity index (χ3v) is 4.60. The van der Waals surface area contributed by atoms with Gasteiger partial charge in [-0.25, -0.2) is 0 Å². The van der Waals surface area contributed by atoms with Gasteiger partial charge in [0.2, 0.25) is 0 Å². The SMILES string of the molecule is CC(NC(=O)c1ccccc1OCc1ccc(Cl)cc1Cl)c1ccccn1. The molecular weight excluding hydrogens is 383 g/mol. The number of nitrogens with one attached hydrogen (secondary N) is 1. The fourth-order valence-electron chi connectivity index (χ4n) is 2.55. The van der Waals surface area contributed by atoms with Crippen molar-refractivity contribution in [3.63, 3.8) is 0 Å². The highest BCUT2D eigenvalue weighted by Gasteiger charge is 2.16. The number of halogens is 2. The average molecular weight is 401 g/mol. The van der Waals surface area contributed by atoms with E-state index in [1.165, 1.54) is 0 Å². The summed E-state index contributed by atoms with van der Waals surface area (Å²) in [5.41, 5.74) is 2.03. The molecule has 6 heteroatoms. The summed E-state index contributed by atoms with van der Waals surface area (Å²) in [5.74, 6) is 0.250. The van der Waals surface area contributed by atoms with E-state index in [-0.39, 0.29) is 18.6 Å². The second-order valence-electron chi connectivity index (χ2n) is 5.97. The molecule has 3 aromatic rings. The monoisotopic (exact) mass is 400 g/mol. The van der Waals surface area contributed by atoms with Crippen LogP contribution in [0.5, 0.6) is 5.75 Å². The third kappa shape index (κ3) is 5.00. The summed E-state index contributed by atoms with van der Waals surface area (Å²) in [6.45, 7) is 2.12. The number of ether oxygens (including phenoxy) is 1. The van der Waals surface area contributed by atoms with E-state index in [9.17, 15) is 4.79 Å². The molecule has 0 fully saturated rings. The van der Waals surface area contributed by atoms with Crippen molar-refractivity contribution in [3.8, 4) is 5.75 Å². The lowest BCUT2D eigenvalue weighted by Crippen LogP contribution is -2.27. The molecule has 4 nitrogen and oxygen atoms in total. The smallest absolute Gasteiger partial charge is 0.255 e. The summed E-state index contributed by atoms with van der Waals surface area (Å²) < 4.78 is 5.85. The molecule has 0 aliphatic rings. The number of aromatic nitrogens is 1. The normalized spacial score (nSPS) is 11.7. The Hall–Kier alpha value is -2.56. The van der Waals surface area contributed by atoms with Gasteiger partial charge in [0, 0.05) is 21.8 Å². The molecule has 0 saturated heterocycles. The second kappa shape index (κ2) is 8.89. The topological polar surface area (TPSA) is 51.2 Å². The minimum atomic E-state index is -0.231. The maximum Gasteiger partial charge on any atom is 0.255 e. The van der Waals surface area contributed by atoms with Gasteiger partial charge in [-0.05, 0) is 43.3 Å². The van der Waals surface area contributed by atoms with Crippen LogP contribution in [0.15, 0.2) is 66.9 Å². The van der Waals surface area contributed by atoms with Crippen molar-refractivity contribution < 1.29 is 9.53 Å². The van der Waals surface area contributed by atoms with Gasteiger partial charge in [-0.1, -0.05) is 47.5 Å². The van der Waals surface area contributed by atoms with E-state index in [1.54, 1.807) is 42.6 Å². The Morgan fingerprint density at radius 2 is 1.89 bits per heavy atom. The Balaban J connectivity index is 1.72. The number of hydrogen-bond acceptors (Lipinski definition) is 3. The number of hydrogen-bond donors (Lipinski definition) is 1. The summed E-state index contributed by atoms with van der Waals surface area (Å²) in [6, 6.07) is 17.7.